The van der Waals surface area contributed by atoms with E-state index in [0.717, 1.165) is 22.7 Å². The highest BCUT2D eigenvalue weighted by atomic mass is 32.2. The summed E-state index contributed by atoms with van der Waals surface area (Å²) in [4.78, 5) is 16.4. The molecule has 0 atom stereocenters. The van der Waals surface area contributed by atoms with Crippen LogP contribution >= 0.6 is 11.3 Å². The molecule has 4 rings (SSSR count). The number of benzene rings is 3. The van der Waals surface area contributed by atoms with Crippen molar-refractivity contribution in [1.29, 1.82) is 0 Å². The summed E-state index contributed by atoms with van der Waals surface area (Å²) < 4.78 is 53.4. The Morgan fingerprint density at radius 1 is 0.909 bits per heavy atom. The summed E-state index contributed by atoms with van der Waals surface area (Å²) in [5.41, 5.74) is 2.29. The monoisotopic (exact) mass is 485 g/mol. The molecular formula is C23H17F2N3O3S2. The predicted molar refractivity (Wildman–Crippen MR) is 123 cm³/mol. The summed E-state index contributed by atoms with van der Waals surface area (Å²) >= 11 is 1.46. The van der Waals surface area contributed by atoms with Crippen LogP contribution in [0.1, 0.15) is 5.69 Å². The summed E-state index contributed by atoms with van der Waals surface area (Å²) in [6.07, 6.45) is 0.0911. The molecule has 0 fully saturated rings. The summed E-state index contributed by atoms with van der Waals surface area (Å²) in [5, 5.41) is 5.39. The lowest BCUT2D eigenvalue weighted by Gasteiger charge is -2.10. The maximum Gasteiger partial charge on any atom is 0.261 e. The first-order chi connectivity index (χ1) is 15.8. The second-order valence-electron chi connectivity index (χ2n) is 6.99. The third-order valence-corrected chi connectivity index (χ3v) is 6.86. The number of carbonyl (C=O) groups excluding carboxylic acids is 1. The SMILES string of the molecule is O=C(Cc1csc(-c2ccccc2)n1)Nc1ccc(NS(=O)(=O)c2ccc(F)c(F)c2)cc1. The van der Waals surface area contributed by atoms with Crippen LogP contribution in [0.2, 0.25) is 0 Å². The standard InChI is InChI=1S/C23H17F2N3O3S2/c24-20-11-10-19(13-21(20)25)33(30,31)28-17-8-6-16(7-9-17)26-22(29)12-18-14-32-23(27-18)15-4-2-1-3-5-15/h1-11,13-14,28H,12H2,(H,26,29). The molecule has 10 heteroatoms. The van der Waals surface area contributed by atoms with Crippen LogP contribution < -0.4 is 10.0 Å². The Labute approximate surface area is 193 Å². The molecule has 2 N–H and O–H groups in total. The highest BCUT2D eigenvalue weighted by Crippen LogP contribution is 2.24. The van der Waals surface area contributed by atoms with Gasteiger partial charge in [-0.25, -0.2) is 22.2 Å². The van der Waals surface area contributed by atoms with Crippen molar-refractivity contribution >= 4 is 38.6 Å². The lowest BCUT2D eigenvalue weighted by molar-refractivity contribution is -0.115. The summed E-state index contributed by atoms with van der Waals surface area (Å²) in [6.45, 7) is 0. The molecule has 0 aliphatic heterocycles. The maximum absolute atomic E-state index is 13.4. The normalized spacial score (nSPS) is 11.2. The third kappa shape index (κ3) is 5.60. The number of aromatic nitrogens is 1. The van der Waals surface area contributed by atoms with E-state index in [1.807, 2.05) is 35.7 Å². The predicted octanol–water partition coefficient (Wildman–Crippen LogP) is 5.07. The van der Waals surface area contributed by atoms with Gasteiger partial charge in [0.2, 0.25) is 5.91 Å². The molecule has 6 nitrogen and oxygen atoms in total. The highest BCUT2D eigenvalue weighted by molar-refractivity contribution is 7.92. The van der Waals surface area contributed by atoms with Crippen molar-refractivity contribution in [2.75, 3.05) is 10.0 Å². The van der Waals surface area contributed by atoms with E-state index in [1.54, 1.807) is 0 Å². The molecule has 0 saturated heterocycles. The Hall–Kier alpha value is -3.63. The Balaban J connectivity index is 1.37. The zero-order valence-corrected chi connectivity index (χ0v) is 18.6. The first kappa shape index (κ1) is 22.6. The Morgan fingerprint density at radius 3 is 2.30 bits per heavy atom. The molecule has 1 amide bonds. The Morgan fingerprint density at radius 2 is 1.61 bits per heavy atom. The van der Waals surface area contributed by atoms with Crippen LogP contribution in [0.15, 0.2) is 83.1 Å². The molecule has 0 bridgehead atoms. The number of carbonyl (C=O) groups is 1. The van der Waals surface area contributed by atoms with Gasteiger partial charge in [0.15, 0.2) is 11.6 Å². The molecule has 0 saturated carbocycles. The maximum atomic E-state index is 13.4. The fourth-order valence-electron chi connectivity index (χ4n) is 2.95. The first-order valence-electron chi connectivity index (χ1n) is 9.68. The summed E-state index contributed by atoms with van der Waals surface area (Å²) in [7, 11) is -4.10. The van der Waals surface area contributed by atoms with E-state index in [9.17, 15) is 22.0 Å². The van der Waals surface area contributed by atoms with Gasteiger partial charge in [0, 0.05) is 22.3 Å². The topological polar surface area (TPSA) is 88.2 Å². The molecule has 3 aromatic carbocycles. The van der Waals surface area contributed by atoms with E-state index < -0.39 is 26.6 Å². The number of thiazole rings is 1. The average Bonchev–Trinajstić information content (AvgIpc) is 3.25. The van der Waals surface area contributed by atoms with E-state index in [1.165, 1.54) is 35.6 Å². The van der Waals surface area contributed by atoms with Gasteiger partial charge in [-0.1, -0.05) is 30.3 Å². The number of nitrogens with zero attached hydrogens (tertiary/aromatic N) is 1. The molecule has 0 aliphatic carbocycles. The van der Waals surface area contributed by atoms with Crippen LogP contribution in [0.3, 0.4) is 0 Å². The second kappa shape index (κ2) is 9.47. The third-order valence-electron chi connectivity index (χ3n) is 4.54. The molecule has 4 aromatic rings. The number of halogens is 2. The number of hydrogen-bond acceptors (Lipinski definition) is 5. The van der Waals surface area contributed by atoms with Crippen LogP contribution in [0, 0.1) is 11.6 Å². The van der Waals surface area contributed by atoms with Crippen molar-refractivity contribution < 1.29 is 22.0 Å². The number of amides is 1. The van der Waals surface area contributed by atoms with Gasteiger partial charge in [-0.2, -0.15) is 0 Å². The second-order valence-corrected chi connectivity index (χ2v) is 9.53. The number of anilines is 2. The molecular weight excluding hydrogens is 468 g/mol. The summed E-state index contributed by atoms with van der Waals surface area (Å²) in [6, 6.07) is 17.9. The van der Waals surface area contributed by atoms with Crippen molar-refractivity contribution in [3.8, 4) is 10.6 Å². The number of rotatable bonds is 7. The van der Waals surface area contributed by atoms with Crippen molar-refractivity contribution in [1.82, 2.24) is 4.98 Å². The van der Waals surface area contributed by atoms with Crippen LogP contribution in [-0.4, -0.2) is 19.3 Å². The molecule has 1 heterocycles. The van der Waals surface area contributed by atoms with Crippen molar-refractivity contribution in [3.63, 3.8) is 0 Å². The van der Waals surface area contributed by atoms with Crippen molar-refractivity contribution in [3.05, 3.63) is 95.5 Å². The van der Waals surface area contributed by atoms with Crippen LogP contribution in [0.5, 0.6) is 0 Å². The minimum absolute atomic E-state index is 0.0911. The average molecular weight is 486 g/mol. The van der Waals surface area contributed by atoms with E-state index in [2.05, 4.69) is 15.0 Å². The zero-order chi connectivity index (χ0) is 23.4. The van der Waals surface area contributed by atoms with Gasteiger partial charge >= 0.3 is 0 Å². The molecule has 168 valence electrons. The van der Waals surface area contributed by atoms with Crippen molar-refractivity contribution in [2.45, 2.75) is 11.3 Å². The molecule has 0 radical (unpaired) electrons. The first-order valence-corrected chi connectivity index (χ1v) is 12.0. The molecule has 0 unspecified atom stereocenters. The van der Waals surface area contributed by atoms with Crippen LogP contribution in [0.4, 0.5) is 20.2 Å². The van der Waals surface area contributed by atoms with Gasteiger partial charge < -0.3 is 5.32 Å². The van der Waals surface area contributed by atoms with E-state index in [-0.39, 0.29) is 18.0 Å². The van der Waals surface area contributed by atoms with Crippen LogP contribution in [-0.2, 0) is 21.2 Å². The molecule has 0 spiro atoms. The quantitative estimate of drug-likeness (QED) is 0.383. The number of hydrogen-bond donors (Lipinski definition) is 2. The van der Waals surface area contributed by atoms with E-state index in [0.29, 0.717) is 17.4 Å². The smallest absolute Gasteiger partial charge is 0.261 e. The van der Waals surface area contributed by atoms with Gasteiger partial charge in [0.05, 0.1) is 17.0 Å². The largest absolute Gasteiger partial charge is 0.326 e. The fourth-order valence-corrected chi connectivity index (χ4v) is 4.85. The molecule has 1 aromatic heterocycles. The van der Waals surface area contributed by atoms with Gasteiger partial charge in [0.25, 0.3) is 10.0 Å². The Bertz CT molecular complexity index is 1390. The molecule has 33 heavy (non-hydrogen) atoms. The van der Waals surface area contributed by atoms with E-state index >= 15 is 0 Å². The summed E-state index contributed by atoms with van der Waals surface area (Å²) in [5.74, 6) is -2.66. The minimum atomic E-state index is -4.10. The molecule has 0 aliphatic rings. The van der Waals surface area contributed by atoms with Gasteiger partial charge in [-0.15, -0.1) is 11.3 Å². The minimum Gasteiger partial charge on any atom is -0.326 e. The van der Waals surface area contributed by atoms with Gasteiger partial charge in [0.1, 0.15) is 5.01 Å². The van der Waals surface area contributed by atoms with Crippen molar-refractivity contribution in [2.24, 2.45) is 0 Å². The van der Waals surface area contributed by atoms with Gasteiger partial charge in [-0.05, 0) is 42.5 Å². The number of sulfonamides is 1. The zero-order valence-electron chi connectivity index (χ0n) is 17.0. The number of nitrogens with one attached hydrogen (secondary N) is 2. The van der Waals surface area contributed by atoms with E-state index in [4.69, 9.17) is 0 Å². The Kier molecular flexibility index (Phi) is 6.47. The van der Waals surface area contributed by atoms with Gasteiger partial charge in [-0.3, -0.25) is 9.52 Å². The highest BCUT2D eigenvalue weighted by Gasteiger charge is 2.17. The lowest BCUT2D eigenvalue weighted by atomic mass is 10.2. The van der Waals surface area contributed by atoms with Crippen LogP contribution in [0.25, 0.3) is 10.6 Å². The fraction of sp³-hybridized carbons (Fsp3) is 0.0435. The lowest BCUT2D eigenvalue weighted by Crippen LogP contribution is -2.15.